The molecule has 111 heavy (non-hydrogen) atoms. The quantitative estimate of drug-likeness (QED) is 0.0293. The van der Waals surface area contributed by atoms with Gasteiger partial charge in [-0.1, -0.05) is 74.7 Å². The first-order valence-electron chi connectivity index (χ1n) is 37.0. The van der Waals surface area contributed by atoms with Gasteiger partial charge in [0.05, 0.1) is 37.2 Å². The van der Waals surface area contributed by atoms with E-state index < -0.39 is 31.2 Å². The Labute approximate surface area is 692 Å². The Bertz CT molecular complexity index is 5270. The molecule has 0 saturated carbocycles. The summed E-state index contributed by atoms with van der Waals surface area (Å²) in [5, 5.41) is 22.7. The number of aliphatic carboxylic acids is 2. The number of imidazole rings is 1. The molecule has 6 bridgehead atoms. The number of likely N-dealkylation sites (N-methyl/N-ethyl adjacent to an activating group) is 1. The van der Waals surface area contributed by atoms with Crippen molar-refractivity contribution in [3.8, 4) is 11.5 Å². The van der Waals surface area contributed by atoms with Crippen molar-refractivity contribution in [1.29, 1.82) is 0 Å². The smallest absolute Gasteiger partial charge is 0.219 e. The van der Waals surface area contributed by atoms with Crippen LogP contribution in [0.5, 0.6) is 11.5 Å². The number of aliphatic imine (C=N–C) groups is 2. The van der Waals surface area contributed by atoms with Crippen molar-refractivity contribution in [2.45, 2.75) is 119 Å². The molecule has 2 saturated heterocycles. The van der Waals surface area contributed by atoms with E-state index >= 15 is 0 Å². The van der Waals surface area contributed by atoms with Crippen LogP contribution >= 0.6 is 78.5 Å². The van der Waals surface area contributed by atoms with E-state index in [1.807, 2.05) is 140 Å². The van der Waals surface area contributed by atoms with Gasteiger partial charge in [0.1, 0.15) is 42.2 Å². The maximum Gasteiger partial charge on any atom is 0.219 e. The summed E-state index contributed by atoms with van der Waals surface area (Å²) in [6.45, 7) is 32.1. The number of piperazine rings is 1. The zero-order valence-electron chi connectivity index (χ0n) is 63.3. The van der Waals surface area contributed by atoms with Crippen LogP contribution in [0.1, 0.15) is 135 Å². The SMILES string of the molecule is C=CC1=C(C)/C2=C/c3c(C=C)c(C)c4[n]3[Fe]([Cl])[n]3/c(c(C)c(CCC(=O)O)/c3=C/C3=NC(=C\4)/C(C)=C3CCC(=O)O)=C\C1=N2.CC(=O)N1CCN(c2ccc(OC[C@H]3CO[C@](Cn4ccnc4)(c4ccc(Cl)cc4Cl)O3)cc2)CC1.CCCCc1oc2ccccc2c1C(=O)c1cc(I)c(OCCN(CC)CC)c(I)c1. The molecule has 4 aromatic heterocycles. The number of aryl methyl sites for hydroxylation is 1. The van der Waals surface area contributed by atoms with Gasteiger partial charge in [-0.05, 0) is 119 Å². The fourth-order valence-corrected chi connectivity index (χ4v) is 20.2. The molecule has 6 aliphatic rings. The molecule has 20 nitrogen and oxygen atoms in total. The van der Waals surface area contributed by atoms with Gasteiger partial charge in [0.2, 0.25) is 11.7 Å². The summed E-state index contributed by atoms with van der Waals surface area (Å²) in [6, 6.07) is 25.0. The Morgan fingerprint density at radius 1 is 0.784 bits per heavy atom. The number of anilines is 1. The van der Waals surface area contributed by atoms with Crippen molar-refractivity contribution in [1.82, 2.24) is 26.5 Å². The maximum absolute atomic E-state index is 13.6. The Morgan fingerprint density at radius 3 is 2.13 bits per heavy atom. The van der Waals surface area contributed by atoms with Gasteiger partial charge >= 0.3 is 265 Å². The summed E-state index contributed by atoms with van der Waals surface area (Å²) in [4.78, 5) is 69.3. The molecular weight excluding hydrogens is 1740 g/mol. The van der Waals surface area contributed by atoms with Crippen LogP contribution in [-0.2, 0) is 62.5 Å². The number of hydrogen-bond acceptors (Lipinski definition) is 14. The fourth-order valence-electron chi connectivity index (χ4n) is 14.5. The third-order valence-electron chi connectivity index (χ3n) is 20.6. The first kappa shape index (κ1) is 82.4. The zero-order valence-corrected chi connectivity index (χ0v) is 70.9. The predicted molar refractivity (Wildman–Crippen MR) is 454 cm³/mol. The first-order valence-corrected chi connectivity index (χ1v) is 42.4. The van der Waals surface area contributed by atoms with E-state index in [-0.39, 0.29) is 37.1 Å². The molecule has 2 atom stereocenters. The van der Waals surface area contributed by atoms with Crippen LogP contribution in [0.3, 0.4) is 0 Å². The summed E-state index contributed by atoms with van der Waals surface area (Å²) in [6.07, 6.45) is 20.0. The number of carboxylic acid groups (broad SMARTS) is 2. The van der Waals surface area contributed by atoms with Crippen LogP contribution in [0.2, 0.25) is 10.0 Å². The van der Waals surface area contributed by atoms with E-state index in [0.29, 0.717) is 65.2 Å². The van der Waals surface area contributed by atoms with E-state index in [9.17, 15) is 29.4 Å². The second-order valence-corrected chi connectivity index (χ2v) is 33.3. The molecule has 8 aromatic rings. The third-order valence-corrected chi connectivity index (χ3v) is 25.7. The molecular formula is C85H89Cl3FeI2N9O11. The molecule has 0 aliphatic carbocycles. The van der Waals surface area contributed by atoms with Gasteiger partial charge in [0.15, 0.2) is 5.78 Å². The number of para-hydroxylation sites is 1. The first-order chi connectivity index (χ1) is 53.4. The normalized spacial score (nSPS) is 18.8. The van der Waals surface area contributed by atoms with Crippen molar-refractivity contribution in [3.63, 3.8) is 0 Å². The molecule has 10 heterocycles. The van der Waals surface area contributed by atoms with E-state index in [1.165, 1.54) is 0 Å². The minimum absolute atomic E-state index is 0.0153. The Morgan fingerprint density at radius 2 is 1.47 bits per heavy atom. The average molecular weight is 1830 g/mol. The topological polar surface area (TPSA) is 221 Å². The second kappa shape index (κ2) is 36.4. The molecule has 6 aliphatic heterocycles. The molecule has 2 fully saturated rings. The number of fused-ring (bicyclic) bond motifs is 3. The monoisotopic (exact) mass is 1830 g/mol. The minimum atomic E-state index is -1.91. The number of benzene rings is 4. The van der Waals surface area contributed by atoms with Gasteiger partial charge in [-0.2, -0.15) is 0 Å². The largest absolute Gasteiger partial charge is 0.491 e. The number of carbonyl (C=O) groups excluding carboxylic acids is 2. The standard InChI is InChI=1S/C34H34N4O4.C26H28Cl2N4O4.C25H29I2NO3.ClH.Fe/c1-7-21-17(3)25-13-26-19(5)23(9-11-33(39)40)31(37-26)16-32-24(10-12-34(41)42)20(6)28(38-32)15-30-22(8-2)18(4)27(36-30)14-29(21)35-25;1-19(33)31-10-12-32(13-11-31)21-3-5-22(6-4-21)34-15-23-16-35-26(36-23,17-30-9-8-29-18-30)24-7-2-20(27)14-25(24)28;1-4-7-11-22-23(18-10-8-9-12-21(18)31-22)24(29)17-15-19(26)25(20(27)16-17)30-14-13-28(5-2)6-3;;/h7-8,13-16H,1-2,9-12H2,3-6H3,(H4,35,36,37,38,39,40,41,42);2-9,14,18,23H,10-13,15-17H2,1H3;8-10,12,15-16H,4-7,11,13-14H2,1-3H3;1H;/q;;;;+3/p-3/b25-13?,26-13-,27-14-,28-15-,29-14?,30-15?,31-16?,32-16-;;;;/t;23-,26-;;;/m.0.../s1. The van der Waals surface area contributed by atoms with E-state index in [4.69, 9.17) is 66.6 Å². The number of unbranched alkanes of at least 4 members (excludes halogenated alkanes) is 1. The average Bonchev–Trinajstić information content (AvgIpc) is 1.57. The van der Waals surface area contributed by atoms with Crippen LogP contribution < -0.4 is 25.1 Å². The van der Waals surface area contributed by atoms with Crippen LogP contribution in [0.15, 0.2) is 165 Å². The zero-order chi connectivity index (χ0) is 79.1. The van der Waals surface area contributed by atoms with Gasteiger partial charge in [0.25, 0.3) is 0 Å². The van der Waals surface area contributed by atoms with Gasteiger partial charge < -0.3 is 42.6 Å². The number of allylic oxidation sites excluding steroid dienone is 5. The molecule has 2 N–H and O–H groups in total. The number of amides is 1. The summed E-state index contributed by atoms with van der Waals surface area (Å²) < 4.78 is 38.9. The summed E-state index contributed by atoms with van der Waals surface area (Å²) >= 11 is 15.3. The number of hydrogen-bond donors (Lipinski definition) is 2. The summed E-state index contributed by atoms with van der Waals surface area (Å²) in [5.41, 5.74) is 16.1. The van der Waals surface area contributed by atoms with E-state index in [2.05, 4.69) is 107 Å². The predicted octanol–water partition coefficient (Wildman–Crippen LogP) is 16.6. The molecule has 4 aromatic carbocycles. The molecule has 0 radical (unpaired) electrons. The number of rotatable bonds is 26. The number of furan rings is 1. The van der Waals surface area contributed by atoms with Crippen molar-refractivity contribution in [2.24, 2.45) is 9.98 Å². The third kappa shape index (κ3) is 18.0. The Balaban J connectivity index is 0.000000157. The van der Waals surface area contributed by atoms with Crippen molar-refractivity contribution in [3.05, 3.63) is 234 Å². The molecule has 0 spiro atoms. The fraction of sp³-hybridized carbons (Fsp3) is 0.329. The minimum Gasteiger partial charge on any atom is -0.491 e. The molecule has 1 amide bonds. The van der Waals surface area contributed by atoms with E-state index in [0.717, 1.165) is 190 Å². The van der Waals surface area contributed by atoms with Gasteiger partial charge in [-0.25, -0.2) is 4.98 Å². The number of halogens is 5. The van der Waals surface area contributed by atoms with E-state index in [1.54, 1.807) is 31.6 Å². The van der Waals surface area contributed by atoms with Crippen LogP contribution in [-0.4, -0.2) is 144 Å². The molecule has 0 unspecified atom stereocenters. The number of ketones is 1. The number of ether oxygens (including phenoxy) is 4. The Hall–Kier alpha value is -8.08. The Kier molecular flexibility index (Phi) is 27.0. The van der Waals surface area contributed by atoms with Crippen molar-refractivity contribution < 1.29 is 66.2 Å². The number of carbonyl (C=O) groups is 4. The molecule has 14 rings (SSSR count). The summed E-state index contributed by atoms with van der Waals surface area (Å²) in [5.74, 6) is -0.324. The molecule has 583 valence electrons. The van der Waals surface area contributed by atoms with Crippen LogP contribution in [0.25, 0.3) is 41.3 Å². The number of carboxylic acids is 2. The number of nitrogens with zero attached hydrogens (tertiary/aromatic N) is 9. The van der Waals surface area contributed by atoms with Gasteiger partial charge in [0, 0.05) is 85.7 Å². The van der Waals surface area contributed by atoms with Gasteiger partial charge in [-0.3, -0.25) is 9.59 Å². The van der Waals surface area contributed by atoms with Crippen molar-refractivity contribution in [2.75, 3.05) is 70.5 Å². The van der Waals surface area contributed by atoms with Crippen molar-refractivity contribution >= 4 is 161 Å². The summed E-state index contributed by atoms with van der Waals surface area (Å²) in [7, 11) is 7.69. The van der Waals surface area contributed by atoms with Gasteiger partial charge in [-0.15, -0.1) is 0 Å². The molecule has 26 heteroatoms. The van der Waals surface area contributed by atoms with Crippen LogP contribution in [0, 0.1) is 21.0 Å². The maximum atomic E-state index is 13.6. The number of aromatic nitrogens is 4. The second-order valence-electron chi connectivity index (χ2n) is 27.5. The van der Waals surface area contributed by atoms with Crippen LogP contribution in [0.4, 0.5) is 5.69 Å².